The predicted octanol–water partition coefficient (Wildman–Crippen LogP) is 3.10. The highest BCUT2D eigenvalue weighted by Gasteiger charge is 2.20. The third-order valence-corrected chi connectivity index (χ3v) is 3.01. The van der Waals surface area contributed by atoms with Crippen molar-refractivity contribution in [1.29, 1.82) is 0 Å². The van der Waals surface area contributed by atoms with Gasteiger partial charge in [0.2, 0.25) is 0 Å². The van der Waals surface area contributed by atoms with Crippen LogP contribution in [0.1, 0.15) is 43.9 Å². The monoisotopic (exact) mass is 250 g/mol. The molecule has 0 saturated heterocycles. The Hall–Kier alpha value is -1.51. The molecule has 0 heterocycles. The fraction of sp³-hybridized carbons (Fsp3) is 0.533. The molecule has 0 aromatic heterocycles. The minimum absolute atomic E-state index is 0.115. The molecule has 0 saturated carbocycles. The maximum Gasteiger partial charge on any atom is 0.305 e. The highest BCUT2D eigenvalue weighted by Crippen LogP contribution is 2.34. The topological polar surface area (TPSA) is 46.5 Å². The highest BCUT2D eigenvalue weighted by atomic mass is 16.5. The van der Waals surface area contributed by atoms with Gasteiger partial charge in [-0.15, -0.1) is 0 Å². The van der Waals surface area contributed by atoms with E-state index in [0.29, 0.717) is 18.6 Å². The number of phenolic OH excluding ortho intramolecular Hbond substituents is 1. The second-order valence-corrected chi connectivity index (χ2v) is 5.64. The average Bonchev–Trinajstić information content (AvgIpc) is 2.28. The maximum absolute atomic E-state index is 11.1. The van der Waals surface area contributed by atoms with Gasteiger partial charge in [0.1, 0.15) is 5.75 Å². The zero-order valence-corrected chi connectivity index (χ0v) is 11.8. The van der Waals surface area contributed by atoms with Crippen molar-refractivity contribution in [3.63, 3.8) is 0 Å². The molecule has 0 spiro atoms. The molecule has 1 rings (SSSR count). The lowest BCUT2D eigenvalue weighted by molar-refractivity contribution is -0.140. The number of benzene rings is 1. The van der Waals surface area contributed by atoms with Gasteiger partial charge in [0.25, 0.3) is 0 Å². The number of ether oxygens (including phenoxy) is 1. The Morgan fingerprint density at radius 2 is 1.94 bits per heavy atom. The average molecular weight is 250 g/mol. The van der Waals surface area contributed by atoms with Crippen molar-refractivity contribution in [3.05, 3.63) is 28.8 Å². The number of carbonyl (C=O) groups is 1. The largest absolute Gasteiger partial charge is 0.507 e. The number of hydrogen-bond donors (Lipinski definition) is 1. The molecule has 18 heavy (non-hydrogen) atoms. The molecule has 0 aliphatic heterocycles. The summed E-state index contributed by atoms with van der Waals surface area (Å²) in [5, 5.41) is 10.1. The fourth-order valence-electron chi connectivity index (χ4n) is 1.92. The maximum atomic E-state index is 11.1. The zero-order chi connectivity index (χ0) is 13.9. The highest BCUT2D eigenvalue weighted by molar-refractivity contribution is 5.69. The first-order valence-electron chi connectivity index (χ1n) is 6.15. The number of aromatic hydroxyl groups is 1. The van der Waals surface area contributed by atoms with Crippen LogP contribution in [0, 0.1) is 6.92 Å². The van der Waals surface area contributed by atoms with Gasteiger partial charge in [-0.1, -0.05) is 32.9 Å². The Balaban J connectivity index is 3.02. The van der Waals surface area contributed by atoms with Crippen LogP contribution >= 0.6 is 0 Å². The van der Waals surface area contributed by atoms with Crippen molar-refractivity contribution in [3.8, 4) is 5.75 Å². The van der Waals surface area contributed by atoms with E-state index in [4.69, 9.17) is 0 Å². The summed E-state index contributed by atoms with van der Waals surface area (Å²) in [6.45, 7) is 8.06. The number of phenols is 1. The van der Waals surface area contributed by atoms with E-state index in [1.54, 1.807) is 0 Å². The normalized spacial score (nSPS) is 11.4. The standard InChI is InChI=1S/C15H22O3/c1-10-8-11(6-7-13(16)18-5)9-12(14(10)17)15(2,3)4/h8-9,17H,6-7H2,1-5H3. The van der Waals surface area contributed by atoms with Gasteiger partial charge in [-0.2, -0.15) is 0 Å². The van der Waals surface area contributed by atoms with Crippen LogP contribution < -0.4 is 0 Å². The summed E-state index contributed by atoms with van der Waals surface area (Å²) < 4.78 is 4.64. The van der Waals surface area contributed by atoms with E-state index >= 15 is 0 Å². The Labute approximate surface area is 109 Å². The SMILES string of the molecule is COC(=O)CCc1cc(C)c(O)c(C(C)(C)C)c1. The van der Waals surface area contributed by atoms with E-state index in [0.717, 1.165) is 16.7 Å². The molecule has 0 unspecified atom stereocenters. The summed E-state index contributed by atoms with van der Waals surface area (Å²) in [5.41, 5.74) is 2.71. The van der Waals surface area contributed by atoms with Crippen LogP contribution in [0.15, 0.2) is 12.1 Å². The third-order valence-electron chi connectivity index (χ3n) is 3.01. The van der Waals surface area contributed by atoms with E-state index in [9.17, 15) is 9.90 Å². The van der Waals surface area contributed by atoms with E-state index in [2.05, 4.69) is 25.5 Å². The number of aryl methyl sites for hydroxylation is 2. The molecular formula is C15H22O3. The number of methoxy groups -OCH3 is 1. The summed E-state index contributed by atoms with van der Waals surface area (Å²) in [6.07, 6.45) is 1.00. The van der Waals surface area contributed by atoms with Crippen LogP contribution in [-0.2, 0) is 21.4 Å². The lowest BCUT2D eigenvalue weighted by Gasteiger charge is -2.22. The summed E-state index contributed by atoms with van der Waals surface area (Å²) in [6, 6.07) is 3.90. The van der Waals surface area contributed by atoms with Gasteiger partial charge in [-0.05, 0) is 35.4 Å². The van der Waals surface area contributed by atoms with Crippen molar-refractivity contribution in [2.24, 2.45) is 0 Å². The van der Waals surface area contributed by atoms with Crippen molar-refractivity contribution < 1.29 is 14.6 Å². The summed E-state index contributed by atoms with van der Waals surface area (Å²) in [7, 11) is 1.39. The fourth-order valence-corrected chi connectivity index (χ4v) is 1.92. The number of carbonyl (C=O) groups excluding carboxylic acids is 1. The van der Waals surface area contributed by atoms with Gasteiger partial charge < -0.3 is 9.84 Å². The Bertz CT molecular complexity index is 442. The molecule has 0 aliphatic carbocycles. The van der Waals surface area contributed by atoms with E-state index in [1.807, 2.05) is 19.1 Å². The number of esters is 1. The predicted molar refractivity (Wildman–Crippen MR) is 71.9 cm³/mol. The summed E-state index contributed by atoms with van der Waals surface area (Å²) >= 11 is 0. The second kappa shape index (κ2) is 5.42. The summed E-state index contributed by atoms with van der Waals surface area (Å²) in [5.74, 6) is 0.141. The molecule has 0 aliphatic rings. The Morgan fingerprint density at radius 1 is 1.33 bits per heavy atom. The zero-order valence-electron chi connectivity index (χ0n) is 11.8. The van der Waals surface area contributed by atoms with Crippen LogP contribution in [0.4, 0.5) is 0 Å². The van der Waals surface area contributed by atoms with Crippen LogP contribution in [-0.4, -0.2) is 18.2 Å². The first kappa shape index (κ1) is 14.6. The molecule has 1 aromatic rings. The quantitative estimate of drug-likeness (QED) is 0.838. The molecule has 0 radical (unpaired) electrons. The molecule has 0 fully saturated rings. The summed E-state index contributed by atoms with van der Waals surface area (Å²) in [4.78, 5) is 11.1. The van der Waals surface area contributed by atoms with E-state index in [-0.39, 0.29) is 11.4 Å². The van der Waals surface area contributed by atoms with Crippen LogP contribution in [0.5, 0.6) is 5.75 Å². The van der Waals surface area contributed by atoms with Crippen LogP contribution in [0.2, 0.25) is 0 Å². The molecule has 3 nitrogen and oxygen atoms in total. The lowest BCUT2D eigenvalue weighted by atomic mass is 9.83. The first-order chi connectivity index (χ1) is 8.25. The van der Waals surface area contributed by atoms with Crippen molar-refractivity contribution in [2.75, 3.05) is 7.11 Å². The number of hydrogen-bond acceptors (Lipinski definition) is 3. The molecule has 1 aromatic carbocycles. The molecule has 0 atom stereocenters. The molecule has 3 heteroatoms. The third kappa shape index (κ3) is 3.49. The number of rotatable bonds is 3. The van der Waals surface area contributed by atoms with Gasteiger partial charge in [-0.3, -0.25) is 4.79 Å². The van der Waals surface area contributed by atoms with Gasteiger partial charge in [0.15, 0.2) is 0 Å². The van der Waals surface area contributed by atoms with Crippen molar-refractivity contribution in [2.45, 2.75) is 46.0 Å². The minimum Gasteiger partial charge on any atom is -0.507 e. The van der Waals surface area contributed by atoms with E-state index in [1.165, 1.54) is 7.11 Å². The van der Waals surface area contributed by atoms with E-state index < -0.39 is 0 Å². The van der Waals surface area contributed by atoms with Crippen molar-refractivity contribution in [1.82, 2.24) is 0 Å². The van der Waals surface area contributed by atoms with Gasteiger partial charge in [-0.25, -0.2) is 0 Å². The van der Waals surface area contributed by atoms with Gasteiger partial charge in [0.05, 0.1) is 7.11 Å². The lowest BCUT2D eigenvalue weighted by Crippen LogP contribution is -2.13. The molecule has 100 valence electrons. The molecular weight excluding hydrogens is 228 g/mol. The minimum atomic E-state index is -0.210. The van der Waals surface area contributed by atoms with Crippen LogP contribution in [0.3, 0.4) is 0 Å². The Kier molecular flexibility index (Phi) is 4.38. The second-order valence-electron chi connectivity index (χ2n) is 5.64. The molecule has 1 N–H and O–H groups in total. The molecule has 0 bridgehead atoms. The van der Waals surface area contributed by atoms with Crippen molar-refractivity contribution >= 4 is 5.97 Å². The van der Waals surface area contributed by atoms with Gasteiger partial charge >= 0.3 is 5.97 Å². The van der Waals surface area contributed by atoms with Gasteiger partial charge in [0, 0.05) is 6.42 Å². The van der Waals surface area contributed by atoms with Crippen LogP contribution in [0.25, 0.3) is 0 Å². The Morgan fingerprint density at radius 3 is 2.44 bits per heavy atom. The molecule has 0 amide bonds. The smallest absolute Gasteiger partial charge is 0.305 e. The first-order valence-corrected chi connectivity index (χ1v) is 6.15.